The standard InChI is InChI=1S/C12H10Cl2N2S/c13-9-3-1-7(5-10(9)14)17-8-2-4-11(15)12(16)6-8/h1-6H,15-16H2. The molecule has 0 aromatic heterocycles. The van der Waals surface area contributed by atoms with Crippen LogP contribution in [0.3, 0.4) is 0 Å². The summed E-state index contributed by atoms with van der Waals surface area (Å²) < 4.78 is 0. The van der Waals surface area contributed by atoms with Gasteiger partial charge in [0.05, 0.1) is 21.4 Å². The van der Waals surface area contributed by atoms with Gasteiger partial charge in [-0.25, -0.2) is 0 Å². The number of hydrogen-bond donors (Lipinski definition) is 2. The molecular weight excluding hydrogens is 275 g/mol. The molecule has 17 heavy (non-hydrogen) atoms. The zero-order chi connectivity index (χ0) is 12.4. The van der Waals surface area contributed by atoms with E-state index in [1.165, 1.54) is 0 Å². The van der Waals surface area contributed by atoms with E-state index in [-0.39, 0.29) is 0 Å². The van der Waals surface area contributed by atoms with Crippen LogP contribution in [-0.2, 0) is 0 Å². The van der Waals surface area contributed by atoms with Crippen LogP contribution in [0.15, 0.2) is 46.2 Å². The van der Waals surface area contributed by atoms with E-state index >= 15 is 0 Å². The molecule has 0 fully saturated rings. The summed E-state index contributed by atoms with van der Waals surface area (Å²) in [6.45, 7) is 0. The monoisotopic (exact) mass is 284 g/mol. The highest BCUT2D eigenvalue weighted by atomic mass is 35.5. The third kappa shape index (κ3) is 3.00. The molecule has 0 saturated heterocycles. The first kappa shape index (κ1) is 12.4. The van der Waals surface area contributed by atoms with Gasteiger partial charge in [0.1, 0.15) is 0 Å². The number of rotatable bonds is 2. The molecule has 5 heteroatoms. The van der Waals surface area contributed by atoms with Gasteiger partial charge in [-0.15, -0.1) is 0 Å². The molecule has 0 aliphatic rings. The van der Waals surface area contributed by atoms with Gasteiger partial charge in [-0.1, -0.05) is 35.0 Å². The van der Waals surface area contributed by atoms with E-state index in [9.17, 15) is 0 Å². The summed E-state index contributed by atoms with van der Waals surface area (Å²) in [5.41, 5.74) is 12.6. The van der Waals surface area contributed by atoms with Crippen LogP contribution in [0.2, 0.25) is 10.0 Å². The lowest BCUT2D eigenvalue weighted by Crippen LogP contribution is -1.93. The average molecular weight is 285 g/mol. The van der Waals surface area contributed by atoms with E-state index < -0.39 is 0 Å². The lowest BCUT2D eigenvalue weighted by Gasteiger charge is -2.05. The molecule has 0 unspecified atom stereocenters. The zero-order valence-electron chi connectivity index (χ0n) is 8.78. The van der Waals surface area contributed by atoms with Crippen molar-refractivity contribution < 1.29 is 0 Å². The Morgan fingerprint density at radius 3 is 2.06 bits per heavy atom. The van der Waals surface area contributed by atoms with E-state index in [0.717, 1.165) is 9.79 Å². The van der Waals surface area contributed by atoms with Crippen molar-refractivity contribution in [2.45, 2.75) is 9.79 Å². The number of hydrogen-bond acceptors (Lipinski definition) is 3. The molecule has 2 aromatic carbocycles. The van der Waals surface area contributed by atoms with Gasteiger partial charge in [-0.05, 0) is 36.4 Å². The molecule has 2 aromatic rings. The summed E-state index contributed by atoms with van der Waals surface area (Å²) in [7, 11) is 0. The minimum atomic E-state index is 0.542. The quantitative estimate of drug-likeness (QED) is 0.808. The minimum Gasteiger partial charge on any atom is -0.397 e. The predicted molar refractivity (Wildman–Crippen MR) is 75.9 cm³/mol. The number of anilines is 2. The molecule has 4 N–H and O–H groups in total. The average Bonchev–Trinajstić information content (AvgIpc) is 2.29. The topological polar surface area (TPSA) is 52.0 Å². The smallest absolute Gasteiger partial charge is 0.0603 e. The van der Waals surface area contributed by atoms with Crippen LogP contribution in [0.25, 0.3) is 0 Å². The molecule has 0 saturated carbocycles. The lowest BCUT2D eigenvalue weighted by atomic mass is 10.3. The molecule has 0 aliphatic heterocycles. The minimum absolute atomic E-state index is 0.542. The van der Waals surface area contributed by atoms with Crippen LogP contribution in [0.4, 0.5) is 11.4 Å². The van der Waals surface area contributed by atoms with Gasteiger partial charge >= 0.3 is 0 Å². The SMILES string of the molecule is Nc1ccc(Sc2ccc(Cl)c(Cl)c2)cc1N. The Morgan fingerprint density at radius 2 is 1.41 bits per heavy atom. The largest absolute Gasteiger partial charge is 0.397 e. The highest BCUT2D eigenvalue weighted by Crippen LogP contribution is 2.34. The van der Waals surface area contributed by atoms with Crippen molar-refractivity contribution in [3.63, 3.8) is 0 Å². The normalized spacial score (nSPS) is 10.5. The Labute approximate surface area is 114 Å². The van der Waals surface area contributed by atoms with E-state index in [4.69, 9.17) is 34.7 Å². The predicted octanol–water partition coefficient (Wildman–Crippen LogP) is 4.31. The highest BCUT2D eigenvalue weighted by molar-refractivity contribution is 7.99. The van der Waals surface area contributed by atoms with Gasteiger partial charge in [-0.2, -0.15) is 0 Å². The van der Waals surface area contributed by atoms with Gasteiger partial charge in [0, 0.05) is 9.79 Å². The lowest BCUT2D eigenvalue weighted by molar-refractivity contribution is 1.41. The molecule has 0 amide bonds. The molecule has 0 aliphatic carbocycles. The van der Waals surface area contributed by atoms with Crippen molar-refractivity contribution in [3.8, 4) is 0 Å². The van der Waals surface area contributed by atoms with Gasteiger partial charge in [0.2, 0.25) is 0 Å². The van der Waals surface area contributed by atoms with E-state index in [2.05, 4.69) is 0 Å². The van der Waals surface area contributed by atoms with Crippen LogP contribution in [0.1, 0.15) is 0 Å². The zero-order valence-corrected chi connectivity index (χ0v) is 11.1. The summed E-state index contributed by atoms with van der Waals surface area (Å²) in [5.74, 6) is 0. The first-order chi connectivity index (χ1) is 8.06. The Balaban J connectivity index is 2.25. The second-order valence-electron chi connectivity index (χ2n) is 3.47. The Hall–Kier alpha value is -1.03. The Kier molecular flexibility index (Phi) is 3.72. The first-order valence-corrected chi connectivity index (χ1v) is 6.41. The Bertz CT molecular complexity index is 509. The summed E-state index contributed by atoms with van der Waals surface area (Å²) in [6, 6.07) is 11.0. The van der Waals surface area contributed by atoms with Crippen molar-refractivity contribution in [2.75, 3.05) is 11.5 Å². The van der Waals surface area contributed by atoms with Gasteiger partial charge < -0.3 is 11.5 Å². The number of nitrogens with two attached hydrogens (primary N) is 2. The fraction of sp³-hybridized carbons (Fsp3) is 0. The van der Waals surface area contributed by atoms with Crippen molar-refractivity contribution in [1.82, 2.24) is 0 Å². The Morgan fingerprint density at radius 1 is 0.765 bits per heavy atom. The molecule has 0 spiro atoms. The molecule has 0 atom stereocenters. The number of benzene rings is 2. The van der Waals surface area contributed by atoms with E-state index in [0.29, 0.717) is 21.4 Å². The van der Waals surface area contributed by atoms with Crippen LogP contribution >= 0.6 is 35.0 Å². The van der Waals surface area contributed by atoms with Gasteiger partial charge in [0.15, 0.2) is 0 Å². The van der Waals surface area contributed by atoms with E-state index in [1.54, 1.807) is 23.9 Å². The third-order valence-electron chi connectivity index (χ3n) is 2.19. The molecule has 88 valence electrons. The second kappa shape index (κ2) is 5.08. The van der Waals surface area contributed by atoms with Crippen LogP contribution in [0, 0.1) is 0 Å². The third-order valence-corrected chi connectivity index (χ3v) is 3.90. The summed E-state index contributed by atoms with van der Waals surface area (Å²) >= 11 is 13.4. The molecular formula is C12H10Cl2N2S. The number of halogens is 2. The van der Waals surface area contributed by atoms with E-state index in [1.807, 2.05) is 24.3 Å². The summed E-state index contributed by atoms with van der Waals surface area (Å²) in [6.07, 6.45) is 0. The molecule has 2 nitrogen and oxygen atoms in total. The van der Waals surface area contributed by atoms with Crippen LogP contribution < -0.4 is 11.5 Å². The number of nitrogen functional groups attached to an aromatic ring is 2. The molecule has 0 heterocycles. The summed E-state index contributed by atoms with van der Waals surface area (Å²) in [4.78, 5) is 2.01. The fourth-order valence-corrected chi connectivity index (χ4v) is 2.56. The first-order valence-electron chi connectivity index (χ1n) is 4.84. The van der Waals surface area contributed by atoms with Gasteiger partial charge in [-0.3, -0.25) is 0 Å². The van der Waals surface area contributed by atoms with Crippen molar-refractivity contribution in [2.24, 2.45) is 0 Å². The molecule has 2 rings (SSSR count). The molecule has 0 radical (unpaired) electrons. The summed E-state index contributed by atoms with van der Waals surface area (Å²) in [5, 5.41) is 1.09. The second-order valence-corrected chi connectivity index (χ2v) is 5.43. The highest BCUT2D eigenvalue weighted by Gasteiger charge is 2.03. The molecule has 0 bridgehead atoms. The maximum atomic E-state index is 5.95. The van der Waals surface area contributed by atoms with Crippen LogP contribution in [-0.4, -0.2) is 0 Å². The maximum absolute atomic E-state index is 5.95. The maximum Gasteiger partial charge on any atom is 0.0603 e. The van der Waals surface area contributed by atoms with Crippen molar-refractivity contribution in [1.29, 1.82) is 0 Å². The van der Waals surface area contributed by atoms with Crippen LogP contribution in [0.5, 0.6) is 0 Å². The van der Waals surface area contributed by atoms with Crippen molar-refractivity contribution >= 4 is 46.3 Å². The fourth-order valence-electron chi connectivity index (χ4n) is 1.29. The van der Waals surface area contributed by atoms with Crippen molar-refractivity contribution in [3.05, 3.63) is 46.4 Å². The van der Waals surface area contributed by atoms with Gasteiger partial charge in [0.25, 0.3) is 0 Å².